The zero-order valence-corrected chi connectivity index (χ0v) is 21.9. The van der Waals surface area contributed by atoms with E-state index in [0.29, 0.717) is 31.0 Å². The Hall–Kier alpha value is -4.18. The van der Waals surface area contributed by atoms with E-state index in [1.807, 2.05) is 23.4 Å². The van der Waals surface area contributed by atoms with Gasteiger partial charge in [-0.15, -0.1) is 0 Å². The van der Waals surface area contributed by atoms with E-state index in [2.05, 4.69) is 30.8 Å². The maximum Gasteiger partial charge on any atom is 0.248 e. The first-order valence-electron chi connectivity index (χ1n) is 13.5. The van der Waals surface area contributed by atoms with Gasteiger partial charge in [0.25, 0.3) is 0 Å². The van der Waals surface area contributed by atoms with Crippen molar-refractivity contribution in [1.29, 1.82) is 0 Å². The van der Waals surface area contributed by atoms with E-state index in [9.17, 15) is 9.59 Å². The second-order valence-electron chi connectivity index (χ2n) is 10.4. The number of benzene rings is 1. The number of aromatic amines is 1. The Bertz CT molecular complexity index is 1480. The average molecular weight is 528 g/mol. The lowest BCUT2D eigenvalue weighted by molar-refractivity contribution is -0.134. The zero-order chi connectivity index (χ0) is 26.8. The Balaban J connectivity index is 1.02. The standard InChI is InChI=1S/C29H33N7O3/c30-28(38)21-3-5-22(6-4-21)39-19-20-2-1-11-36(17-20)26(37)18-34-12-14-35(15-13-34)25-8-10-31-24-16-33-29-23(27(24)25)7-9-32-29/h3-10,16,20,31H,1-2,11-15,17-19H2,(H2,30,38). The van der Waals surface area contributed by atoms with Gasteiger partial charge in [0, 0.05) is 79.6 Å². The van der Waals surface area contributed by atoms with Crippen LogP contribution in [0.2, 0.25) is 0 Å². The van der Waals surface area contributed by atoms with Gasteiger partial charge >= 0.3 is 0 Å². The first kappa shape index (κ1) is 25.1. The molecule has 10 heteroatoms. The maximum atomic E-state index is 13.2. The number of primary amides is 1. The molecule has 3 aromatic heterocycles. The molecule has 0 bridgehead atoms. The van der Waals surface area contributed by atoms with Crippen LogP contribution in [0.4, 0.5) is 5.69 Å². The Morgan fingerprint density at radius 3 is 2.64 bits per heavy atom. The molecule has 4 aromatic rings. The summed E-state index contributed by atoms with van der Waals surface area (Å²) in [5, 5.41) is 2.21. The topological polar surface area (TPSA) is 121 Å². The number of pyridine rings is 2. The molecule has 2 saturated heterocycles. The van der Waals surface area contributed by atoms with E-state index in [1.165, 1.54) is 5.69 Å². The van der Waals surface area contributed by atoms with Gasteiger partial charge in [-0.1, -0.05) is 0 Å². The number of piperazine rings is 1. The number of anilines is 1. The SMILES string of the molecule is NC(=O)c1ccc(OCC2CCCN(C(=O)CN3CCN(c4cc[nH]c5cnc6nccc6c45)CC3)C2)cc1. The number of fused-ring (bicyclic) bond motifs is 3. The molecule has 0 saturated carbocycles. The van der Waals surface area contributed by atoms with Gasteiger partial charge in [0.1, 0.15) is 5.75 Å². The van der Waals surface area contributed by atoms with Crippen molar-refractivity contribution in [3.8, 4) is 5.75 Å². The second-order valence-corrected chi connectivity index (χ2v) is 10.4. The zero-order valence-electron chi connectivity index (χ0n) is 21.9. The first-order chi connectivity index (χ1) is 19.0. The summed E-state index contributed by atoms with van der Waals surface area (Å²) >= 11 is 0. The molecular weight excluding hydrogens is 494 g/mol. The van der Waals surface area contributed by atoms with Gasteiger partial charge in [0.15, 0.2) is 5.65 Å². The number of carbonyl (C=O) groups excluding carboxylic acids is 2. The van der Waals surface area contributed by atoms with Crippen LogP contribution in [0.25, 0.3) is 21.9 Å². The maximum absolute atomic E-state index is 13.2. The van der Waals surface area contributed by atoms with E-state index in [0.717, 1.165) is 67.5 Å². The number of aromatic nitrogens is 3. The van der Waals surface area contributed by atoms with Gasteiger partial charge in [-0.2, -0.15) is 0 Å². The van der Waals surface area contributed by atoms with E-state index in [4.69, 9.17) is 10.5 Å². The summed E-state index contributed by atoms with van der Waals surface area (Å²) in [4.78, 5) is 43.2. The Morgan fingerprint density at radius 1 is 1.03 bits per heavy atom. The van der Waals surface area contributed by atoms with Crippen molar-refractivity contribution in [1.82, 2.24) is 24.8 Å². The molecule has 6 rings (SSSR count). The van der Waals surface area contributed by atoms with Crippen molar-refractivity contribution in [3.05, 3.63) is 60.6 Å². The molecule has 39 heavy (non-hydrogen) atoms. The van der Waals surface area contributed by atoms with Crippen molar-refractivity contribution in [2.45, 2.75) is 12.8 Å². The predicted octanol–water partition coefficient (Wildman–Crippen LogP) is 2.65. The highest BCUT2D eigenvalue weighted by Crippen LogP contribution is 2.31. The minimum absolute atomic E-state index is 0.189. The number of likely N-dealkylation sites (tertiary alicyclic amines) is 1. The minimum atomic E-state index is -0.453. The number of ether oxygens (including phenoxy) is 1. The fourth-order valence-corrected chi connectivity index (χ4v) is 5.70. The number of nitrogens with one attached hydrogen (secondary N) is 1. The van der Waals surface area contributed by atoms with E-state index in [-0.39, 0.29) is 11.8 Å². The van der Waals surface area contributed by atoms with Gasteiger partial charge in [-0.25, -0.2) is 9.97 Å². The molecule has 0 aliphatic carbocycles. The number of hydrogen-bond donors (Lipinski definition) is 2. The Morgan fingerprint density at radius 2 is 1.85 bits per heavy atom. The molecule has 5 heterocycles. The number of nitrogens with two attached hydrogens (primary N) is 1. The normalized spacial score (nSPS) is 18.5. The molecule has 2 aliphatic heterocycles. The second kappa shape index (κ2) is 10.9. The third kappa shape index (κ3) is 5.37. The Kier molecular flexibility index (Phi) is 7.02. The third-order valence-electron chi connectivity index (χ3n) is 7.84. The molecule has 0 spiro atoms. The summed E-state index contributed by atoms with van der Waals surface area (Å²) < 4.78 is 5.95. The van der Waals surface area contributed by atoms with Crippen LogP contribution in [-0.2, 0) is 4.79 Å². The number of carbonyl (C=O) groups is 2. The number of hydrogen-bond acceptors (Lipinski definition) is 7. The number of H-pyrrole nitrogens is 1. The highest BCUT2D eigenvalue weighted by Gasteiger charge is 2.27. The monoisotopic (exact) mass is 527 g/mol. The fourth-order valence-electron chi connectivity index (χ4n) is 5.70. The molecule has 1 unspecified atom stereocenters. The quantitative estimate of drug-likeness (QED) is 0.379. The van der Waals surface area contributed by atoms with Gasteiger partial charge in [-0.3, -0.25) is 14.5 Å². The lowest BCUT2D eigenvalue weighted by Gasteiger charge is -2.38. The molecule has 10 nitrogen and oxygen atoms in total. The smallest absolute Gasteiger partial charge is 0.248 e. The molecule has 1 aromatic carbocycles. The van der Waals surface area contributed by atoms with E-state index in [1.54, 1.807) is 30.5 Å². The predicted molar refractivity (Wildman–Crippen MR) is 150 cm³/mol. The highest BCUT2D eigenvalue weighted by atomic mass is 16.5. The van der Waals surface area contributed by atoms with Gasteiger partial charge in [0.05, 0.1) is 24.9 Å². The summed E-state index contributed by atoms with van der Waals surface area (Å²) in [7, 11) is 0. The van der Waals surface area contributed by atoms with Crippen molar-refractivity contribution in [2.24, 2.45) is 11.7 Å². The van der Waals surface area contributed by atoms with Crippen LogP contribution < -0.4 is 15.4 Å². The summed E-state index contributed by atoms with van der Waals surface area (Å²) in [5.74, 6) is 0.730. The van der Waals surface area contributed by atoms with Crippen molar-refractivity contribution >= 4 is 39.4 Å². The van der Waals surface area contributed by atoms with Crippen LogP contribution in [0.15, 0.2) is 55.0 Å². The van der Waals surface area contributed by atoms with Gasteiger partial charge in [-0.05, 0) is 49.2 Å². The highest BCUT2D eigenvalue weighted by molar-refractivity contribution is 6.10. The molecule has 2 fully saturated rings. The third-order valence-corrected chi connectivity index (χ3v) is 7.84. The summed E-state index contributed by atoms with van der Waals surface area (Å²) in [5.41, 5.74) is 8.70. The number of piperidine rings is 1. The average Bonchev–Trinajstić information content (AvgIpc) is 3.46. The van der Waals surface area contributed by atoms with Crippen LogP contribution in [0, 0.1) is 5.92 Å². The van der Waals surface area contributed by atoms with Crippen molar-refractivity contribution < 1.29 is 14.3 Å². The summed E-state index contributed by atoms with van der Waals surface area (Å²) in [6.07, 6.45) is 7.62. The fraction of sp³-hybridized carbons (Fsp3) is 0.379. The van der Waals surface area contributed by atoms with Crippen LogP contribution in [0.3, 0.4) is 0 Å². The van der Waals surface area contributed by atoms with Crippen LogP contribution in [0.5, 0.6) is 5.75 Å². The molecule has 1 atom stereocenters. The molecule has 0 radical (unpaired) electrons. The van der Waals surface area contributed by atoms with Gasteiger partial charge in [0.2, 0.25) is 11.8 Å². The van der Waals surface area contributed by atoms with E-state index >= 15 is 0 Å². The van der Waals surface area contributed by atoms with Gasteiger partial charge < -0.3 is 25.3 Å². The Labute approximate surface area is 226 Å². The van der Waals surface area contributed by atoms with Crippen molar-refractivity contribution in [2.75, 3.05) is 57.3 Å². The molecule has 2 aliphatic rings. The van der Waals surface area contributed by atoms with Crippen LogP contribution in [-0.4, -0.2) is 89.0 Å². The minimum Gasteiger partial charge on any atom is -0.493 e. The molecule has 3 N–H and O–H groups in total. The largest absolute Gasteiger partial charge is 0.493 e. The number of nitrogens with zero attached hydrogens (tertiary/aromatic N) is 5. The lowest BCUT2D eigenvalue weighted by atomic mass is 9.99. The summed E-state index contributed by atoms with van der Waals surface area (Å²) in [6.45, 7) is 5.88. The lowest BCUT2D eigenvalue weighted by Crippen LogP contribution is -2.51. The first-order valence-corrected chi connectivity index (χ1v) is 13.5. The summed E-state index contributed by atoms with van der Waals surface area (Å²) in [6, 6.07) is 11.0. The van der Waals surface area contributed by atoms with E-state index < -0.39 is 5.91 Å². The van der Waals surface area contributed by atoms with Crippen molar-refractivity contribution in [3.63, 3.8) is 0 Å². The molecule has 202 valence electrons. The van der Waals surface area contributed by atoms with Crippen LogP contribution >= 0.6 is 0 Å². The molecular formula is C29H33N7O3. The number of rotatable bonds is 7. The van der Waals surface area contributed by atoms with Crippen LogP contribution in [0.1, 0.15) is 23.2 Å². The molecule has 2 amide bonds. The number of amides is 2.